The Hall–Kier alpha value is -1.34. The number of carbonyl (C=O) groups excluding carboxylic acids is 1. The summed E-state index contributed by atoms with van der Waals surface area (Å²) in [6.45, 7) is 2.78. The number of hydrogen-bond donors (Lipinski definition) is 1. The minimum Gasteiger partial charge on any atom is -0.480 e. The number of amides is 1. The van der Waals surface area contributed by atoms with Crippen molar-refractivity contribution in [3.8, 4) is 0 Å². The molecule has 0 aliphatic carbocycles. The number of likely N-dealkylation sites (N-methyl/N-ethyl adjacent to an activating group) is 1. The molecular weight excluding hydrogens is 246 g/mol. The highest BCUT2D eigenvalue weighted by Gasteiger charge is 2.54. The van der Waals surface area contributed by atoms with Gasteiger partial charge in [0.2, 0.25) is 0 Å². The van der Waals surface area contributed by atoms with Gasteiger partial charge in [0, 0.05) is 6.54 Å². The van der Waals surface area contributed by atoms with Crippen molar-refractivity contribution in [2.75, 3.05) is 6.54 Å². The summed E-state index contributed by atoms with van der Waals surface area (Å²) in [5.74, 6) is -8.64. The maximum Gasteiger partial charge on any atom is 0.383 e. The quantitative estimate of drug-likeness (QED) is 0.763. The lowest BCUT2D eigenvalue weighted by atomic mass is 10.0. The van der Waals surface area contributed by atoms with Crippen LogP contribution in [0.5, 0.6) is 0 Å². The first-order valence-electron chi connectivity index (χ1n) is 4.71. The fourth-order valence-corrected chi connectivity index (χ4v) is 1.18. The van der Waals surface area contributed by atoms with Gasteiger partial charge in [-0.25, -0.2) is 13.6 Å². The van der Waals surface area contributed by atoms with Crippen LogP contribution in [0.1, 0.15) is 20.8 Å². The van der Waals surface area contributed by atoms with E-state index in [1.165, 1.54) is 6.92 Å². The Morgan fingerprint density at radius 2 is 1.71 bits per heavy atom. The van der Waals surface area contributed by atoms with Crippen LogP contribution in [0.15, 0.2) is 0 Å². The van der Waals surface area contributed by atoms with Gasteiger partial charge in [-0.2, -0.15) is 8.78 Å². The molecule has 17 heavy (non-hydrogen) atoms. The van der Waals surface area contributed by atoms with Gasteiger partial charge in [0.25, 0.3) is 5.91 Å². The van der Waals surface area contributed by atoms with Gasteiger partial charge in [-0.1, -0.05) is 0 Å². The third-order valence-corrected chi connectivity index (χ3v) is 2.32. The number of hydrogen-bond acceptors (Lipinski definition) is 2. The molecule has 0 radical (unpaired) electrons. The highest BCUT2D eigenvalue weighted by Crippen LogP contribution is 2.28. The Morgan fingerprint density at radius 3 is 1.94 bits per heavy atom. The van der Waals surface area contributed by atoms with E-state index in [2.05, 4.69) is 0 Å². The van der Waals surface area contributed by atoms with Gasteiger partial charge in [0.1, 0.15) is 5.54 Å². The van der Waals surface area contributed by atoms with Crippen LogP contribution in [0, 0.1) is 0 Å². The van der Waals surface area contributed by atoms with E-state index in [0.717, 1.165) is 13.8 Å². The summed E-state index contributed by atoms with van der Waals surface area (Å²) in [6, 6.07) is 0. The molecule has 0 atom stereocenters. The minimum atomic E-state index is -4.89. The molecule has 0 aliphatic rings. The Kier molecular flexibility index (Phi) is 4.50. The van der Waals surface area contributed by atoms with E-state index in [-0.39, 0.29) is 4.90 Å². The first kappa shape index (κ1) is 15.7. The molecule has 100 valence electrons. The van der Waals surface area contributed by atoms with E-state index in [4.69, 9.17) is 5.11 Å². The lowest BCUT2D eigenvalue weighted by Gasteiger charge is -2.36. The van der Waals surface area contributed by atoms with Crippen molar-refractivity contribution in [2.45, 2.75) is 38.7 Å². The number of alkyl halides is 4. The van der Waals surface area contributed by atoms with Crippen LogP contribution in [-0.2, 0) is 9.59 Å². The van der Waals surface area contributed by atoms with E-state index in [0.29, 0.717) is 0 Å². The zero-order chi connectivity index (χ0) is 14.0. The number of halogens is 4. The number of nitrogens with zero attached hydrogens (tertiary/aromatic N) is 1. The largest absolute Gasteiger partial charge is 0.480 e. The maximum atomic E-state index is 12.8. The highest BCUT2D eigenvalue weighted by molar-refractivity contribution is 5.90. The van der Waals surface area contributed by atoms with E-state index < -0.39 is 36.3 Å². The second kappa shape index (κ2) is 4.89. The van der Waals surface area contributed by atoms with Crippen LogP contribution in [0.25, 0.3) is 0 Å². The van der Waals surface area contributed by atoms with Gasteiger partial charge < -0.3 is 10.0 Å². The monoisotopic (exact) mass is 259 g/mol. The molecule has 0 saturated heterocycles. The summed E-state index contributed by atoms with van der Waals surface area (Å²) in [5, 5.41) is 8.77. The van der Waals surface area contributed by atoms with E-state index in [1.807, 2.05) is 0 Å². The number of carbonyl (C=O) groups is 2. The Bertz CT molecular complexity index is 317. The molecule has 1 N–H and O–H groups in total. The van der Waals surface area contributed by atoms with Crippen molar-refractivity contribution in [3.05, 3.63) is 0 Å². The van der Waals surface area contributed by atoms with Crippen LogP contribution in [0.2, 0.25) is 0 Å². The molecule has 0 saturated carbocycles. The van der Waals surface area contributed by atoms with Crippen molar-refractivity contribution in [1.82, 2.24) is 4.90 Å². The lowest BCUT2D eigenvalue weighted by Crippen LogP contribution is -2.59. The van der Waals surface area contributed by atoms with Crippen LogP contribution in [-0.4, -0.2) is 46.3 Å². The molecule has 0 unspecified atom stereocenters. The standard InChI is InChI=1S/C9H13F4NO3/c1-4-14(8(2,3)7(16)17)6(15)9(12,13)5(10)11/h5H,4H2,1-3H3,(H,16,17). The fourth-order valence-electron chi connectivity index (χ4n) is 1.18. The number of aliphatic carboxylic acids is 1. The molecule has 0 fully saturated rings. The highest BCUT2D eigenvalue weighted by atomic mass is 19.3. The van der Waals surface area contributed by atoms with Gasteiger partial charge in [-0.3, -0.25) is 4.79 Å². The molecule has 0 spiro atoms. The molecule has 0 aromatic rings. The van der Waals surface area contributed by atoms with E-state index in [9.17, 15) is 27.2 Å². The predicted octanol–water partition coefficient (Wildman–Crippen LogP) is 1.60. The molecule has 0 heterocycles. The zero-order valence-corrected chi connectivity index (χ0v) is 9.51. The molecule has 0 rings (SSSR count). The molecule has 4 nitrogen and oxygen atoms in total. The van der Waals surface area contributed by atoms with Crippen molar-refractivity contribution in [2.24, 2.45) is 0 Å². The third-order valence-electron chi connectivity index (χ3n) is 2.32. The predicted molar refractivity (Wildman–Crippen MR) is 50.1 cm³/mol. The molecular formula is C9H13F4NO3. The first-order chi connectivity index (χ1) is 7.49. The van der Waals surface area contributed by atoms with Gasteiger partial charge in [0.05, 0.1) is 0 Å². The van der Waals surface area contributed by atoms with Crippen LogP contribution in [0.3, 0.4) is 0 Å². The van der Waals surface area contributed by atoms with Crippen molar-refractivity contribution >= 4 is 11.9 Å². The summed E-state index contributed by atoms with van der Waals surface area (Å²) in [7, 11) is 0. The van der Waals surface area contributed by atoms with Crippen molar-refractivity contribution in [3.63, 3.8) is 0 Å². The molecule has 1 amide bonds. The second-order valence-electron chi connectivity index (χ2n) is 3.84. The number of carboxylic acids is 1. The van der Waals surface area contributed by atoms with Gasteiger partial charge in [-0.15, -0.1) is 0 Å². The van der Waals surface area contributed by atoms with Crippen LogP contribution >= 0.6 is 0 Å². The topological polar surface area (TPSA) is 57.6 Å². The van der Waals surface area contributed by atoms with Gasteiger partial charge >= 0.3 is 18.3 Å². The molecule has 0 bridgehead atoms. The zero-order valence-electron chi connectivity index (χ0n) is 9.51. The number of rotatable bonds is 5. The third kappa shape index (κ3) is 2.86. The Labute approximate surface area is 95.2 Å². The van der Waals surface area contributed by atoms with Gasteiger partial charge in [0.15, 0.2) is 0 Å². The van der Waals surface area contributed by atoms with E-state index in [1.54, 1.807) is 0 Å². The van der Waals surface area contributed by atoms with Crippen molar-refractivity contribution < 1.29 is 32.3 Å². The second-order valence-corrected chi connectivity index (χ2v) is 3.84. The molecule has 0 aromatic carbocycles. The maximum absolute atomic E-state index is 12.8. The fraction of sp³-hybridized carbons (Fsp3) is 0.778. The Morgan fingerprint density at radius 1 is 1.29 bits per heavy atom. The minimum absolute atomic E-state index is 0.210. The Balaban J connectivity index is 5.31. The summed E-state index contributed by atoms with van der Waals surface area (Å²) >= 11 is 0. The molecule has 0 aliphatic heterocycles. The molecule has 0 aromatic heterocycles. The average molecular weight is 259 g/mol. The number of carboxylic acid groups (broad SMARTS) is 1. The average Bonchev–Trinajstić information content (AvgIpc) is 2.17. The molecule has 8 heteroatoms. The van der Waals surface area contributed by atoms with Crippen LogP contribution in [0.4, 0.5) is 17.6 Å². The van der Waals surface area contributed by atoms with Crippen LogP contribution < -0.4 is 0 Å². The van der Waals surface area contributed by atoms with Gasteiger partial charge in [-0.05, 0) is 20.8 Å². The summed E-state index contributed by atoms with van der Waals surface area (Å²) < 4.78 is 49.7. The van der Waals surface area contributed by atoms with E-state index >= 15 is 0 Å². The smallest absolute Gasteiger partial charge is 0.383 e. The van der Waals surface area contributed by atoms with Crippen molar-refractivity contribution in [1.29, 1.82) is 0 Å². The SMILES string of the molecule is CCN(C(=O)C(F)(F)C(F)F)C(C)(C)C(=O)O. The normalized spacial score (nSPS) is 12.7. The lowest BCUT2D eigenvalue weighted by molar-refractivity contribution is -0.189. The summed E-state index contributed by atoms with van der Waals surface area (Å²) in [4.78, 5) is 22.2. The summed E-state index contributed by atoms with van der Waals surface area (Å²) in [5.41, 5.74) is -1.98. The first-order valence-corrected chi connectivity index (χ1v) is 4.71. The summed E-state index contributed by atoms with van der Waals surface area (Å²) in [6.07, 6.45) is -4.17.